The quantitative estimate of drug-likeness (QED) is 0.538. The summed E-state index contributed by atoms with van der Waals surface area (Å²) in [6, 6.07) is 15.1. The van der Waals surface area contributed by atoms with Crippen molar-refractivity contribution in [3.8, 4) is 0 Å². The normalized spacial score (nSPS) is 12.2. The maximum absolute atomic E-state index is 10.3. The number of nitro benzene ring substituents is 1. The Morgan fingerprint density at radius 1 is 1.08 bits per heavy atom. The molecule has 2 aromatic carbocycles. The predicted molar refractivity (Wildman–Crippen MR) is 94.7 cm³/mol. The van der Waals surface area contributed by atoms with Crippen molar-refractivity contribution in [2.45, 2.75) is 19.1 Å². The first-order chi connectivity index (χ1) is 11.8. The van der Waals surface area contributed by atoms with Crippen LogP contribution in [0.2, 0.25) is 0 Å². The fourth-order valence-electron chi connectivity index (χ4n) is 2.06. The number of aliphatic hydroxyl groups is 1. The van der Waals surface area contributed by atoms with Gasteiger partial charge in [0.2, 0.25) is 0 Å². The molecule has 0 aliphatic heterocycles. The summed E-state index contributed by atoms with van der Waals surface area (Å²) in [5.74, 6) is -1.54. The minimum atomic E-state index is -1.54. The van der Waals surface area contributed by atoms with E-state index in [1.165, 1.54) is 17.0 Å². The lowest BCUT2D eigenvalue weighted by Gasteiger charge is -2.22. The molecule has 0 unspecified atom stereocenters. The van der Waals surface area contributed by atoms with E-state index in [4.69, 9.17) is 0 Å². The van der Waals surface area contributed by atoms with Gasteiger partial charge in [-0.05, 0) is 18.6 Å². The van der Waals surface area contributed by atoms with Crippen molar-refractivity contribution in [3.63, 3.8) is 0 Å². The number of rotatable bonds is 5. The van der Waals surface area contributed by atoms with Crippen LogP contribution in [0.4, 0.5) is 5.69 Å². The summed E-state index contributed by atoms with van der Waals surface area (Å²) in [6.07, 6.45) is -0.369. The molecule has 2 rings (SSSR count). The van der Waals surface area contributed by atoms with Gasteiger partial charge in [0.15, 0.2) is 0 Å². The van der Waals surface area contributed by atoms with Crippen LogP contribution in [0.5, 0.6) is 0 Å². The fourth-order valence-corrected chi connectivity index (χ4v) is 2.06. The summed E-state index contributed by atoms with van der Waals surface area (Å²) >= 11 is 0. The number of likely N-dealkylation sites (N-methyl/N-ethyl adjacent to an activating group) is 1. The number of quaternary nitrogens is 1. The van der Waals surface area contributed by atoms with Crippen LogP contribution >= 0.6 is 0 Å². The summed E-state index contributed by atoms with van der Waals surface area (Å²) in [4.78, 5) is 21.1. The maximum atomic E-state index is 10.3. The lowest BCUT2D eigenvalue weighted by atomic mass is 10.0. The van der Waals surface area contributed by atoms with E-state index in [1.54, 1.807) is 0 Å². The van der Waals surface area contributed by atoms with Crippen molar-refractivity contribution in [1.29, 1.82) is 0 Å². The molecule has 2 atom stereocenters. The van der Waals surface area contributed by atoms with Crippen LogP contribution in [0.3, 0.4) is 0 Å². The first-order valence-corrected chi connectivity index (χ1v) is 7.73. The van der Waals surface area contributed by atoms with Crippen molar-refractivity contribution < 1.29 is 30.3 Å². The lowest BCUT2D eigenvalue weighted by molar-refractivity contribution is -0.888. The van der Waals surface area contributed by atoms with Gasteiger partial charge in [-0.25, -0.2) is 0 Å². The zero-order valence-corrected chi connectivity index (χ0v) is 14.9. The second kappa shape index (κ2) is 10.9. The summed E-state index contributed by atoms with van der Waals surface area (Å²) < 4.78 is 0. The molecule has 0 amide bonds. The van der Waals surface area contributed by atoms with Crippen LogP contribution in [-0.2, 0) is 0 Å². The largest absolute Gasteiger partial charge is 0.545 e. The minimum absolute atomic E-state index is 0. The van der Waals surface area contributed by atoms with Gasteiger partial charge in [0, 0.05) is 6.07 Å². The van der Waals surface area contributed by atoms with Gasteiger partial charge < -0.3 is 25.4 Å². The van der Waals surface area contributed by atoms with Gasteiger partial charge in [-0.2, -0.15) is 0 Å². The average molecular weight is 364 g/mol. The first-order valence-electron chi connectivity index (χ1n) is 7.73. The van der Waals surface area contributed by atoms with Gasteiger partial charge >= 0.3 is 0 Å². The molecule has 0 saturated carbocycles. The molecule has 0 aromatic heterocycles. The molecule has 26 heavy (non-hydrogen) atoms. The fraction of sp³-hybridized carbons (Fsp3) is 0.278. The molecule has 2 aromatic rings. The molecule has 0 heterocycles. The zero-order valence-electron chi connectivity index (χ0n) is 14.9. The molecule has 4 N–H and O–H groups in total. The number of aliphatic hydroxyl groups excluding tert-OH is 1. The van der Waals surface area contributed by atoms with Crippen molar-refractivity contribution in [2.24, 2.45) is 0 Å². The molecule has 0 saturated heterocycles. The van der Waals surface area contributed by atoms with E-state index < -0.39 is 22.1 Å². The topological polar surface area (TPSA) is 139 Å². The van der Waals surface area contributed by atoms with Crippen LogP contribution in [0.25, 0.3) is 0 Å². The summed E-state index contributed by atoms with van der Waals surface area (Å²) in [5, 5.41) is 30.5. The highest BCUT2D eigenvalue weighted by Gasteiger charge is 2.20. The Morgan fingerprint density at radius 2 is 1.58 bits per heavy atom. The van der Waals surface area contributed by atoms with Gasteiger partial charge in [-0.15, -0.1) is 0 Å². The summed E-state index contributed by atoms with van der Waals surface area (Å²) in [5.41, 5.74) is 0.149. The van der Waals surface area contributed by atoms with Gasteiger partial charge in [-0.1, -0.05) is 42.5 Å². The standard InChI is InChI=1S/C11H17NO.C7H5NO4.H2O/c1-9(12(2)3)11(13)10-7-5-4-6-8-10;9-7(10)5-3-1-2-4-6(5)8(11)12;/h4-9,11,13H,1-3H3;1-4H,(H,9,10);1H2/t9-,11-;;/m0../s1. The van der Waals surface area contributed by atoms with Crippen molar-refractivity contribution >= 4 is 11.7 Å². The van der Waals surface area contributed by atoms with Crippen LogP contribution in [0.1, 0.15) is 28.9 Å². The molecular formula is C18H24N2O6. The Balaban J connectivity index is 0.000000464. The van der Waals surface area contributed by atoms with Gasteiger partial charge in [0.05, 0.1) is 30.6 Å². The number of hydrogen-bond donors (Lipinski definition) is 2. The Hall–Kier alpha value is -2.81. The molecule has 142 valence electrons. The predicted octanol–water partition coefficient (Wildman–Crippen LogP) is -0.613. The van der Waals surface area contributed by atoms with Crippen molar-refractivity contribution in [2.75, 3.05) is 14.1 Å². The van der Waals surface area contributed by atoms with E-state index in [0.717, 1.165) is 17.7 Å². The number of carboxylic acids is 1. The number of carbonyl (C=O) groups excluding carboxylic acids is 1. The highest BCUT2D eigenvalue weighted by molar-refractivity contribution is 5.90. The highest BCUT2D eigenvalue weighted by Crippen LogP contribution is 2.16. The number of carboxylic acid groups (broad SMARTS) is 1. The van der Waals surface area contributed by atoms with E-state index in [-0.39, 0.29) is 17.6 Å². The molecule has 0 radical (unpaired) electrons. The second-order valence-electron chi connectivity index (χ2n) is 5.78. The molecule has 0 spiro atoms. The van der Waals surface area contributed by atoms with Crippen LogP contribution < -0.4 is 10.0 Å². The Morgan fingerprint density at radius 3 is 2.00 bits per heavy atom. The number of aromatic carboxylic acids is 1. The Kier molecular flexibility index (Phi) is 9.75. The SMILES string of the molecule is C[C@@H]([C@H](O)c1ccccc1)[NH+](C)C.O.O=C([O-])c1ccccc1[N+](=O)[O-]. The van der Waals surface area contributed by atoms with Crippen molar-refractivity contribution in [1.82, 2.24) is 0 Å². The van der Waals surface area contributed by atoms with E-state index >= 15 is 0 Å². The van der Waals surface area contributed by atoms with Gasteiger partial charge in [0.1, 0.15) is 12.1 Å². The van der Waals surface area contributed by atoms with E-state index in [2.05, 4.69) is 14.1 Å². The molecule has 0 aliphatic rings. The summed E-state index contributed by atoms with van der Waals surface area (Å²) in [6.45, 7) is 2.05. The number of nitro groups is 1. The Bertz CT molecular complexity index is 673. The molecule has 8 heteroatoms. The number of para-hydroxylation sites is 1. The number of benzene rings is 2. The molecule has 8 nitrogen and oxygen atoms in total. The second-order valence-corrected chi connectivity index (χ2v) is 5.78. The lowest BCUT2D eigenvalue weighted by Crippen LogP contribution is -3.10. The molecule has 0 bridgehead atoms. The highest BCUT2D eigenvalue weighted by atomic mass is 16.6. The van der Waals surface area contributed by atoms with Gasteiger partial charge in [0.25, 0.3) is 5.69 Å². The monoisotopic (exact) mass is 364 g/mol. The average Bonchev–Trinajstić information content (AvgIpc) is 2.61. The third-order valence-corrected chi connectivity index (χ3v) is 3.85. The maximum Gasteiger partial charge on any atom is 0.278 e. The number of carbonyl (C=O) groups is 1. The van der Waals surface area contributed by atoms with Crippen LogP contribution in [-0.4, -0.2) is 41.6 Å². The third-order valence-electron chi connectivity index (χ3n) is 3.85. The smallest absolute Gasteiger partial charge is 0.278 e. The number of nitrogens with zero attached hydrogens (tertiary/aromatic N) is 1. The Labute approximate surface area is 151 Å². The van der Waals surface area contributed by atoms with Gasteiger partial charge in [-0.3, -0.25) is 10.1 Å². The molecule has 0 fully saturated rings. The zero-order chi connectivity index (χ0) is 19.0. The van der Waals surface area contributed by atoms with Crippen LogP contribution in [0, 0.1) is 10.1 Å². The first kappa shape index (κ1) is 23.2. The molecular weight excluding hydrogens is 340 g/mol. The van der Waals surface area contributed by atoms with E-state index in [0.29, 0.717) is 0 Å². The van der Waals surface area contributed by atoms with E-state index in [1.807, 2.05) is 37.3 Å². The molecule has 0 aliphatic carbocycles. The summed E-state index contributed by atoms with van der Waals surface area (Å²) in [7, 11) is 4.10. The number of hydrogen-bond acceptors (Lipinski definition) is 5. The van der Waals surface area contributed by atoms with Crippen LogP contribution in [0.15, 0.2) is 54.6 Å². The number of nitrogens with one attached hydrogen (secondary N) is 1. The minimum Gasteiger partial charge on any atom is -0.545 e. The third kappa shape index (κ3) is 6.60. The van der Waals surface area contributed by atoms with Crippen molar-refractivity contribution in [3.05, 3.63) is 75.8 Å². The van der Waals surface area contributed by atoms with E-state index in [9.17, 15) is 25.1 Å².